The molecule has 2 aromatic carbocycles. The average Bonchev–Trinajstić information content (AvgIpc) is 2.54. The summed E-state index contributed by atoms with van der Waals surface area (Å²) in [7, 11) is 0. The number of hydrazone groups is 1. The summed E-state index contributed by atoms with van der Waals surface area (Å²) in [5.41, 5.74) is 6.50. The lowest BCUT2D eigenvalue weighted by molar-refractivity contribution is 0.718. The van der Waals surface area contributed by atoms with Crippen molar-refractivity contribution in [3.63, 3.8) is 0 Å². The van der Waals surface area contributed by atoms with E-state index in [1.54, 1.807) is 0 Å². The average molecular weight is 325 g/mol. The van der Waals surface area contributed by atoms with Gasteiger partial charge in [0.2, 0.25) is 0 Å². The van der Waals surface area contributed by atoms with Gasteiger partial charge in [-0.15, -0.1) is 0 Å². The molecule has 2 N–H and O–H groups in total. The number of rotatable bonds is 6. The zero-order chi connectivity index (χ0) is 16.5. The first-order chi connectivity index (χ1) is 11.1. The van der Waals surface area contributed by atoms with E-state index in [2.05, 4.69) is 40.1 Å². The van der Waals surface area contributed by atoms with E-state index in [9.17, 15) is 0 Å². The van der Waals surface area contributed by atoms with Crippen LogP contribution in [0, 0.1) is 0 Å². The SMILES string of the molecule is CC(C)NC(=S)NN=C(Cc1ccccc1)Cc1ccccc1. The standard InChI is InChI=1S/C19H23N3S/c1-15(2)20-19(23)22-21-18(13-16-9-5-3-6-10-16)14-17-11-7-4-8-12-17/h3-12,15H,13-14H2,1-2H3,(H2,20,22,23). The molecule has 0 aliphatic rings. The molecule has 0 bridgehead atoms. The van der Waals surface area contributed by atoms with E-state index < -0.39 is 0 Å². The minimum absolute atomic E-state index is 0.289. The number of thiocarbonyl (C=S) groups is 1. The van der Waals surface area contributed by atoms with Gasteiger partial charge in [0.1, 0.15) is 0 Å². The Bertz CT molecular complexity index is 593. The Hall–Kier alpha value is -2.20. The van der Waals surface area contributed by atoms with Gasteiger partial charge in [-0.1, -0.05) is 60.7 Å². The Balaban J connectivity index is 2.08. The van der Waals surface area contributed by atoms with Crippen LogP contribution in [-0.2, 0) is 12.8 Å². The summed E-state index contributed by atoms with van der Waals surface area (Å²) in [6.45, 7) is 4.10. The van der Waals surface area contributed by atoms with Crippen molar-refractivity contribution in [3.05, 3.63) is 71.8 Å². The van der Waals surface area contributed by atoms with E-state index >= 15 is 0 Å². The molecule has 2 rings (SSSR count). The van der Waals surface area contributed by atoms with Gasteiger partial charge in [0.25, 0.3) is 0 Å². The minimum Gasteiger partial charge on any atom is -0.359 e. The summed E-state index contributed by atoms with van der Waals surface area (Å²) in [5, 5.41) is 8.22. The van der Waals surface area contributed by atoms with Gasteiger partial charge in [0.05, 0.1) is 0 Å². The van der Waals surface area contributed by atoms with Crippen LogP contribution in [0.3, 0.4) is 0 Å². The van der Waals surface area contributed by atoms with Crippen LogP contribution in [0.15, 0.2) is 65.8 Å². The quantitative estimate of drug-likeness (QED) is 0.483. The zero-order valence-corrected chi connectivity index (χ0v) is 14.4. The molecular formula is C19H23N3S. The Kier molecular flexibility index (Phi) is 6.76. The molecule has 0 heterocycles. The van der Waals surface area contributed by atoms with Gasteiger partial charge < -0.3 is 5.32 Å². The maximum Gasteiger partial charge on any atom is 0.187 e. The lowest BCUT2D eigenvalue weighted by Crippen LogP contribution is -2.37. The molecule has 0 spiro atoms. The lowest BCUT2D eigenvalue weighted by Gasteiger charge is -2.12. The van der Waals surface area contributed by atoms with Crippen LogP contribution in [0.1, 0.15) is 25.0 Å². The van der Waals surface area contributed by atoms with Gasteiger partial charge in [0, 0.05) is 24.6 Å². The Labute approximate surface area is 143 Å². The molecule has 0 fully saturated rings. The van der Waals surface area contributed by atoms with Gasteiger partial charge in [-0.25, -0.2) is 0 Å². The smallest absolute Gasteiger partial charge is 0.187 e. The van der Waals surface area contributed by atoms with E-state index in [1.165, 1.54) is 11.1 Å². The zero-order valence-electron chi connectivity index (χ0n) is 13.6. The van der Waals surface area contributed by atoms with E-state index in [4.69, 9.17) is 12.2 Å². The third-order valence-corrected chi connectivity index (χ3v) is 3.45. The van der Waals surface area contributed by atoms with Crippen LogP contribution in [0.4, 0.5) is 0 Å². The molecule has 0 saturated carbocycles. The van der Waals surface area contributed by atoms with Gasteiger partial charge >= 0.3 is 0 Å². The fourth-order valence-electron chi connectivity index (χ4n) is 2.23. The predicted molar refractivity (Wildman–Crippen MR) is 102 cm³/mol. The topological polar surface area (TPSA) is 36.4 Å². The Morgan fingerprint density at radius 2 is 1.39 bits per heavy atom. The van der Waals surface area contributed by atoms with Gasteiger partial charge in [-0.05, 0) is 37.2 Å². The van der Waals surface area contributed by atoms with Crippen LogP contribution in [0.25, 0.3) is 0 Å². The Morgan fingerprint density at radius 3 is 1.83 bits per heavy atom. The van der Waals surface area contributed by atoms with Crippen molar-refractivity contribution < 1.29 is 0 Å². The van der Waals surface area contributed by atoms with E-state index in [-0.39, 0.29) is 6.04 Å². The molecule has 0 saturated heterocycles. The monoisotopic (exact) mass is 325 g/mol. The summed E-state index contributed by atoms with van der Waals surface area (Å²) in [4.78, 5) is 0. The molecule has 120 valence electrons. The summed E-state index contributed by atoms with van der Waals surface area (Å²) < 4.78 is 0. The highest BCUT2D eigenvalue weighted by atomic mass is 32.1. The summed E-state index contributed by atoms with van der Waals surface area (Å²) in [6.07, 6.45) is 1.60. The first-order valence-electron chi connectivity index (χ1n) is 7.83. The molecule has 23 heavy (non-hydrogen) atoms. The van der Waals surface area contributed by atoms with Crippen LogP contribution in [0.5, 0.6) is 0 Å². The van der Waals surface area contributed by atoms with Crippen molar-refractivity contribution in [2.75, 3.05) is 0 Å². The number of nitrogens with one attached hydrogen (secondary N) is 2. The second kappa shape index (κ2) is 9.06. The van der Waals surface area contributed by atoms with Crippen LogP contribution in [-0.4, -0.2) is 16.9 Å². The summed E-state index contributed by atoms with van der Waals surface area (Å²) in [5.74, 6) is 0. The normalized spacial score (nSPS) is 10.2. The predicted octanol–water partition coefficient (Wildman–Crippen LogP) is 3.70. The fraction of sp³-hybridized carbons (Fsp3) is 0.263. The van der Waals surface area contributed by atoms with Gasteiger partial charge in [-0.3, -0.25) is 5.43 Å². The highest BCUT2D eigenvalue weighted by Crippen LogP contribution is 2.07. The molecule has 0 unspecified atom stereocenters. The maximum absolute atomic E-state index is 5.25. The van der Waals surface area contributed by atoms with E-state index in [1.807, 2.05) is 50.2 Å². The van der Waals surface area contributed by atoms with Gasteiger partial charge in [-0.2, -0.15) is 5.10 Å². The minimum atomic E-state index is 0.289. The van der Waals surface area contributed by atoms with Gasteiger partial charge in [0.15, 0.2) is 5.11 Å². The molecule has 0 aromatic heterocycles. The van der Waals surface area contributed by atoms with E-state index in [0.29, 0.717) is 5.11 Å². The second-order valence-corrected chi connectivity index (χ2v) is 6.15. The molecule has 4 heteroatoms. The molecule has 0 aliphatic carbocycles. The molecule has 0 aliphatic heterocycles. The first-order valence-corrected chi connectivity index (χ1v) is 8.24. The molecular weight excluding hydrogens is 302 g/mol. The van der Waals surface area contributed by atoms with Crippen molar-refractivity contribution in [1.29, 1.82) is 0 Å². The van der Waals surface area contributed by atoms with Crippen molar-refractivity contribution >= 4 is 23.0 Å². The van der Waals surface area contributed by atoms with Crippen LogP contribution in [0.2, 0.25) is 0 Å². The third kappa shape index (κ3) is 6.61. The highest BCUT2D eigenvalue weighted by Gasteiger charge is 2.05. The number of nitrogens with zero attached hydrogens (tertiary/aromatic N) is 1. The molecule has 0 radical (unpaired) electrons. The molecule has 3 nitrogen and oxygen atoms in total. The number of hydrogen-bond donors (Lipinski definition) is 2. The van der Waals surface area contributed by atoms with Crippen molar-refractivity contribution in [2.24, 2.45) is 5.10 Å². The Morgan fingerprint density at radius 1 is 0.913 bits per heavy atom. The highest BCUT2D eigenvalue weighted by molar-refractivity contribution is 7.80. The second-order valence-electron chi connectivity index (χ2n) is 5.74. The largest absolute Gasteiger partial charge is 0.359 e. The van der Waals surface area contributed by atoms with Crippen molar-refractivity contribution in [1.82, 2.24) is 10.7 Å². The summed E-state index contributed by atoms with van der Waals surface area (Å²) >= 11 is 5.25. The fourth-order valence-corrected chi connectivity index (χ4v) is 2.51. The molecule has 0 atom stereocenters. The summed E-state index contributed by atoms with van der Waals surface area (Å²) in [6, 6.07) is 21.0. The van der Waals surface area contributed by atoms with Crippen molar-refractivity contribution in [2.45, 2.75) is 32.7 Å². The molecule has 0 amide bonds. The van der Waals surface area contributed by atoms with Crippen LogP contribution < -0.4 is 10.7 Å². The van der Waals surface area contributed by atoms with Crippen LogP contribution >= 0.6 is 12.2 Å². The maximum atomic E-state index is 5.25. The third-order valence-electron chi connectivity index (χ3n) is 3.24. The lowest BCUT2D eigenvalue weighted by atomic mass is 10.0. The van der Waals surface area contributed by atoms with E-state index in [0.717, 1.165) is 18.6 Å². The molecule has 2 aromatic rings. The number of benzene rings is 2. The van der Waals surface area contributed by atoms with Crippen molar-refractivity contribution in [3.8, 4) is 0 Å². The number of hydrogen-bond acceptors (Lipinski definition) is 2. The first kappa shape index (κ1) is 17.2.